The van der Waals surface area contributed by atoms with Gasteiger partial charge in [0.15, 0.2) is 0 Å². The van der Waals surface area contributed by atoms with E-state index in [0.29, 0.717) is 37.4 Å². The maximum Gasteiger partial charge on any atom is 0.254 e. The van der Waals surface area contributed by atoms with E-state index in [0.717, 1.165) is 25.7 Å². The Bertz CT molecular complexity index is 779. The van der Waals surface area contributed by atoms with E-state index in [4.69, 9.17) is 4.74 Å². The fraction of sp³-hybridized carbons (Fsp3) is 0.650. The lowest BCUT2D eigenvalue weighted by Gasteiger charge is -2.33. The van der Waals surface area contributed by atoms with E-state index >= 15 is 0 Å². The number of aryl methyl sites for hydroxylation is 1. The molecule has 6 nitrogen and oxygen atoms in total. The van der Waals surface area contributed by atoms with Gasteiger partial charge >= 0.3 is 0 Å². The molecule has 1 heterocycles. The number of sulfonamides is 1. The van der Waals surface area contributed by atoms with Crippen molar-refractivity contribution in [3.63, 3.8) is 0 Å². The van der Waals surface area contributed by atoms with Crippen molar-refractivity contribution in [2.24, 2.45) is 0 Å². The third-order valence-electron chi connectivity index (χ3n) is 5.53. The molecule has 2 aliphatic rings. The smallest absolute Gasteiger partial charge is 0.254 e. The third kappa shape index (κ3) is 4.20. The number of hydrogen-bond donors (Lipinski definition) is 0. The standard InChI is InChI=1S/C20H30N2O4S/c1-15(2)22(18-6-4-5-7-18)20(23)17-9-8-16(3)19(14-17)27(24,25)21-10-12-26-13-11-21/h8-9,14-15,18H,4-7,10-13H2,1-3H3. The van der Waals surface area contributed by atoms with Crippen LogP contribution in [0.5, 0.6) is 0 Å². The molecule has 1 amide bonds. The largest absolute Gasteiger partial charge is 0.379 e. The summed E-state index contributed by atoms with van der Waals surface area (Å²) in [4.78, 5) is 15.4. The minimum absolute atomic E-state index is 0.0738. The summed E-state index contributed by atoms with van der Waals surface area (Å²) in [5, 5.41) is 0. The molecule has 0 N–H and O–H groups in total. The average Bonchev–Trinajstić information content (AvgIpc) is 3.16. The normalized spacial score (nSPS) is 19.6. The highest BCUT2D eigenvalue weighted by atomic mass is 32.2. The van der Waals surface area contributed by atoms with Crippen molar-refractivity contribution in [1.29, 1.82) is 0 Å². The molecule has 1 aliphatic carbocycles. The third-order valence-corrected chi connectivity index (χ3v) is 7.57. The average molecular weight is 395 g/mol. The van der Waals surface area contributed by atoms with Gasteiger partial charge in [-0.3, -0.25) is 4.79 Å². The van der Waals surface area contributed by atoms with Crippen molar-refractivity contribution in [1.82, 2.24) is 9.21 Å². The molecule has 0 unspecified atom stereocenters. The van der Waals surface area contributed by atoms with Gasteiger partial charge in [0.1, 0.15) is 0 Å². The van der Waals surface area contributed by atoms with Crippen LogP contribution in [0.15, 0.2) is 23.1 Å². The van der Waals surface area contributed by atoms with Gasteiger partial charge in [0, 0.05) is 30.7 Å². The zero-order chi connectivity index (χ0) is 19.6. The summed E-state index contributed by atoms with van der Waals surface area (Å²) in [7, 11) is -3.63. The first kappa shape index (κ1) is 20.3. The van der Waals surface area contributed by atoms with Crippen LogP contribution in [-0.2, 0) is 14.8 Å². The maximum atomic E-state index is 13.2. The number of carbonyl (C=O) groups is 1. The van der Waals surface area contributed by atoms with Crippen molar-refractivity contribution in [2.45, 2.75) is 63.4 Å². The van der Waals surface area contributed by atoms with Crippen LogP contribution in [0.2, 0.25) is 0 Å². The van der Waals surface area contributed by atoms with Crippen molar-refractivity contribution in [3.8, 4) is 0 Å². The molecule has 1 saturated heterocycles. The number of nitrogens with zero attached hydrogens (tertiary/aromatic N) is 2. The summed E-state index contributed by atoms with van der Waals surface area (Å²) in [5.41, 5.74) is 1.11. The van der Waals surface area contributed by atoms with Gasteiger partial charge in [0.05, 0.1) is 18.1 Å². The molecule has 1 saturated carbocycles. The van der Waals surface area contributed by atoms with E-state index in [2.05, 4.69) is 0 Å². The van der Waals surface area contributed by atoms with Gasteiger partial charge in [-0.15, -0.1) is 0 Å². The molecular weight excluding hydrogens is 364 g/mol. The van der Waals surface area contributed by atoms with E-state index in [1.165, 1.54) is 4.31 Å². The predicted molar refractivity (Wildman–Crippen MR) is 104 cm³/mol. The Labute approximate surface area is 162 Å². The summed E-state index contributed by atoms with van der Waals surface area (Å²) in [6.07, 6.45) is 4.33. The first-order valence-electron chi connectivity index (χ1n) is 9.83. The highest BCUT2D eigenvalue weighted by Gasteiger charge is 2.32. The van der Waals surface area contributed by atoms with Gasteiger partial charge in [-0.1, -0.05) is 18.9 Å². The fourth-order valence-electron chi connectivity index (χ4n) is 4.09. The van der Waals surface area contributed by atoms with Crippen molar-refractivity contribution < 1.29 is 17.9 Å². The molecule has 0 atom stereocenters. The zero-order valence-electron chi connectivity index (χ0n) is 16.5. The van der Waals surface area contributed by atoms with Crippen molar-refractivity contribution in [2.75, 3.05) is 26.3 Å². The molecule has 0 bridgehead atoms. The van der Waals surface area contributed by atoms with Crippen LogP contribution in [0.25, 0.3) is 0 Å². The molecule has 0 aromatic heterocycles. The molecule has 27 heavy (non-hydrogen) atoms. The summed E-state index contributed by atoms with van der Waals surface area (Å²) >= 11 is 0. The molecule has 1 aromatic carbocycles. The number of rotatable bonds is 5. The van der Waals surface area contributed by atoms with Crippen LogP contribution < -0.4 is 0 Å². The number of hydrogen-bond acceptors (Lipinski definition) is 4. The van der Waals surface area contributed by atoms with E-state index in [-0.39, 0.29) is 22.9 Å². The van der Waals surface area contributed by atoms with Crippen LogP contribution >= 0.6 is 0 Å². The van der Waals surface area contributed by atoms with Crippen LogP contribution in [0, 0.1) is 6.92 Å². The SMILES string of the molecule is Cc1ccc(C(=O)N(C(C)C)C2CCCC2)cc1S(=O)(=O)N1CCOCC1. The van der Waals surface area contributed by atoms with Crippen LogP contribution in [-0.4, -0.2) is 61.9 Å². The van der Waals surface area contributed by atoms with Crippen molar-refractivity contribution >= 4 is 15.9 Å². The monoisotopic (exact) mass is 394 g/mol. The van der Waals surface area contributed by atoms with Gasteiger partial charge in [0.25, 0.3) is 5.91 Å². The van der Waals surface area contributed by atoms with Crippen LogP contribution in [0.3, 0.4) is 0 Å². The Morgan fingerprint density at radius 2 is 1.81 bits per heavy atom. The Balaban J connectivity index is 1.93. The second kappa shape index (κ2) is 8.29. The van der Waals surface area contributed by atoms with Gasteiger partial charge in [-0.05, 0) is 51.3 Å². The predicted octanol–water partition coefficient (Wildman–Crippen LogP) is 2.81. The number of carbonyl (C=O) groups excluding carboxylic acids is 1. The second-order valence-corrected chi connectivity index (χ2v) is 9.65. The molecule has 7 heteroatoms. The Hall–Kier alpha value is -1.44. The Kier molecular flexibility index (Phi) is 6.23. The lowest BCUT2D eigenvalue weighted by Crippen LogP contribution is -2.44. The van der Waals surface area contributed by atoms with Gasteiger partial charge in [-0.25, -0.2) is 8.42 Å². The highest BCUT2D eigenvalue weighted by molar-refractivity contribution is 7.89. The van der Waals surface area contributed by atoms with Crippen LogP contribution in [0.4, 0.5) is 0 Å². The Morgan fingerprint density at radius 3 is 2.41 bits per heavy atom. The zero-order valence-corrected chi connectivity index (χ0v) is 17.3. The Morgan fingerprint density at radius 1 is 1.19 bits per heavy atom. The lowest BCUT2D eigenvalue weighted by molar-refractivity contribution is 0.0613. The highest BCUT2D eigenvalue weighted by Crippen LogP contribution is 2.28. The molecule has 0 spiro atoms. The fourth-order valence-corrected chi connectivity index (χ4v) is 5.75. The molecule has 1 aromatic rings. The van der Waals surface area contributed by atoms with Crippen molar-refractivity contribution in [3.05, 3.63) is 29.3 Å². The lowest BCUT2D eigenvalue weighted by atomic mass is 10.1. The maximum absolute atomic E-state index is 13.2. The molecule has 1 aliphatic heterocycles. The van der Waals surface area contributed by atoms with E-state index in [1.54, 1.807) is 25.1 Å². The van der Waals surface area contributed by atoms with Gasteiger partial charge in [0.2, 0.25) is 10.0 Å². The topological polar surface area (TPSA) is 66.9 Å². The molecule has 150 valence electrons. The molecular formula is C20H30N2O4S. The number of morpholine rings is 1. The molecule has 2 fully saturated rings. The van der Waals surface area contributed by atoms with Gasteiger partial charge in [-0.2, -0.15) is 4.31 Å². The van der Waals surface area contributed by atoms with Crippen LogP contribution in [0.1, 0.15) is 55.5 Å². The minimum atomic E-state index is -3.63. The summed E-state index contributed by atoms with van der Waals surface area (Å²) < 4.78 is 32.9. The summed E-state index contributed by atoms with van der Waals surface area (Å²) in [6, 6.07) is 5.39. The van der Waals surface area contributed by atoms with Gasteiger partial charge < -0.3 is 9.64 Å². The number of ether oxygens (including phenoxy) is 1. The molecule has 0 radical (unpaired) electrons. The first-order valence-corrected chi connectivity index (χ1v) is 11.3. The first-order chi connectivity index (χ1) is 12.8. The molecule has 3 rings (SSSR count). The van der Waals surface area contributed by atoms with E-state index < -0.39 is 10.0 Å². The van der Waals surface area contributed by atoms with E-state index in [9.17, 15) is 13.2 Å². The summed E-state index contributed by atoms with van der Waals surface area (Å²) in [5.74, 6) is -0.0738. The number of amides is 1. The second-order valence-electron chi connectivity index (χ2n) is 7.74. The minimum Gasteiger partial charge on any atom is -0.379 e. The van der Waals surface area contributed by atoms with E-state index in [1.807, 2.05) is 18.7 Å². The quantitative estimate of drug-likeness (QED) is 0.770. The summed E-state index contributed by atoms with van der Waals surface area (Å²) in [6.45, 7) is 7.32. The number of benzene rings is 1.